The maximum absolute atomic E-state index is 12.7. The van der Waals surface area contributed by atoms with Crippen molar-refractivity contribution in [2.45, 2.75) is 117 Å². The number of carbonyl (C=O) groups excluding carboxylic acids is 2. The highest BCUT2D eigenvalue weighted by Crippen LogP contribution is 2.29. The molecule has 9 nitrogen and oxygen atoms in total. The van der Waals surface area contributed by atoms with E-state index in [1.165, 1.54) is 62.6 Å². The number of methoxy groups -OCH3 is 2. The number of nitrogens with zero attached hydrogens (tertiary/aromatic N) is 3. The summed E-state index contributed by atoms with van der Waals surface area (Å²) >= 11 is 0. The first-order valence-corrected chi connectivity index (χ1v) is 18.0. The van der Waals surface area contributed by atoms with E-state index in [1.807, 2.05) is 51.3 Å². The summed E-state index contributed by atoms with van der Waals surface area (Å²) in [6.07, 6.45) is 10.6. The number of fused-ring (bicyclic) bond motifs is 1. The Morgan fingerprint density at radius 1 is 0.723 bits per heavy atom. The van der Waals surface area contributed by atoms with Crippen LogP contribution in [0.5, 0.6) is 0 Å². The van der Waals surface area contributed by atoms with Crippen molar-refractivity contribution in [2.75, 3.05) is 66.7 Å². The standard InChI is InChI=1S/C23H36N2O3.C15H29NO3/c1-23(2,3)28-22(26)25(12-13-27-4)17-18-8-7-11-24(16-18)21-14-19-9-5-6-10-20(19)15-21;1-15(2,3)19-14(17)16(10-11-18-4)12-13-8-6-5-7-9-13/h5-6,9-10,18,21H,7-8,11-17H2,1-4H3;13H,5-12H2,1-4H3. The first-order chi connectivity index (χ1) is 22.3. The summed E-state index contributed by atoms with van der Waals surface area (Å²) in [7, 11) is 3.33. The topological polar surface area (TPSA) is 80.8 Å². The SMILES string of the molecule is COCCN(CC1CCCCC1)C(=O)OC(C)(C)C.COCCN(CC1CCCN(C2Cc3ccccc3C2)C1)C(=O)OC(C)(C)C. The number of carbonyl (C=O) groups is 2. The van der Waals surface area contributed by atoms with Crippen molar-refractivity contribution in [3.8, 4) is 0 Å². The molecule has 1 heterocycles. The van der Waals surface area contributed by atoms with Crippen LogP contribution in [0.2, 0.25) is 0 Å². The number of rotatable bonds is 11. The molecule has 47 heavy (non-hydrogen) atoms. The summed E-state index contributed by atoms with van der Waals surface area (Å²) in [6.45, 7) is 17.5. The Morgan fingerprint density at radius 2 is 1.19 bits per heavy atom. The monoisotopic (exact) mass is 659 g/mol. The van der Waals surface area contributed by atoms with Gasteiger partial charge < -0.3 is 28.7 Å². The lowest BCUT2D eigenvalue weighted by molar-refractivity contribution is 0.0120. The lowest BCUT2D eigenvalue weighted by Gasteiger charge is -2.39. The van der Waals surface area contributed by atoms with Crippen LogP contribution in [0.4, 0.5) is 9.59 Å². The molecule has 268 valence electrons. The van der Waals surface area contributed by atoms with Gasteiger partial charge in [0.25, 0.3) is 0 Å². The Kier molecular flexibility index (Phi) is 15.8. The minimum absolute atomic E-state index is 0.213. The van der Waals surface area contributed by atoms with E-state index in [2.05, 4.69) is 29.2 Å². The first kappa shape index (κ1) is 39.1. The average Bonchev–Trinajstić information content (AvgIpc) is 3.45. The minimum Gasteiger partial charge on any atom is -0.444 e. The van der Waals surface area contributed by atoms with Gasteiger partial charge in [0, 0.05) is 53.0 Å². The summed E-state index contributed by atoms with van der Waals surface area (Å²) in [5.41, 5.74) is 2.10. The van der Waals surface area contributed by atoms with Gasteiger partial charge >= 0.3 is 12.2 Å². The summed E-state index contributed by atoms with van der Waals surface area (Å²) in [5.74, 6) is 1.11. The molecular formula is C38H65N3O6. The quantitative estimate of drug-likeness (QED) is 0.249. The summed E-state index contributed by atoms with van der Waals surface area (Å²) in [6, 6.07) is 9.44. The van der Waals surface area contributed by atoms with Crippen LogP contribution in [-0.4, -0.2) is 111 Å². The largest absolute Gasteiger partial charge is 0.444 e. The fourth-order valence-corrected chi connectivity index (χ4v) is 6.93. The molecule has 1 aromatic rings. The van der Waals surface area contributed by atoms with Crippen LogP contribution in [0.3, 0.4) is 0 Å². The van der Waals surface area contributed by atoms with Gasteiger partial charge in [0.15, 0.2) is 0 Å². The van der Waals surface area contributed by atoms with Crippen molar-refractivity contribution in [1.82, 2.24) is 14.7 Å². The van der Waals surface area contributed by atoms with E-state index in [1.54, 1.807) is 14.2 Å². The van der Waals surface area contributed by atoms with Gasteiger partial charge in [0.1, 0.15) is 11.2 Å². The predicted molar refractivity (Wildman–Crippen MR) is 188 cm³/mol. The van der Waals surface area contributed by atoms with Gasteiger partial charge in [-0.15, -0.1) is 0 Å². The van der Waals surface area contributed by atoms with Gasteiger partial charge in [0.05, 0.1) is 13.2 Å². The van der Waals surface area contributed by atoms with Crippen molar-refractivity contribution >= 4 is 12.2 Å². The molecule has 1 aromatic carbocycles. The summed E-state index contributed by atoms with van der Waals surface area (Å²) in [5, 5.41) is 0. The molecule has 2 amide bonds. The number of hydrogen-bond donors (Lipinski definition) is 0. The zero-order valence-corrected chi connectivity index (χ0v) is 30.9. The zero-order valence-electron chi connectivity index (χ0n) is 30.9. The van der Waals surface area contributed by atoms with Gasteiger partial charge in [-0.2, -0.15) is 0 Å². The van der Waals surface area contributed by atoms with Crippen LogP contribution < -0.4 is 0 Å². The molecule has 2 fully saturated rings. The van der Waals surface area contributed by atoms with E-state index in [0.29, 0.717) is 44.2 Å². The van der Waals surface area contributed by atoms with Gasteiger partial charge in [-0.05, 0) is 110 Å². The third-order valence-electron chi connectivity index (χ3n) is 9.21. The molecule has 3 aliphatic rings. The number of benzene rings is 1. The molecule has 9 heteroatoms. The molecule has 0 N–H and O–H groups in total. The van der Waals surface area contributed by atoms with Crippen LogP contribution >= 0.6 is 0 Å². The molecule has 1 unspecified atom stereocenters. The fraction of sp³-hybridized carbons (Fsp3) is 0.789. The predicted octanol–water partition coefficient (Wildman–Crippen LogP) is 7.20. The average molecular weight is 660 g/mol. The number of hydrogen-bond acceptors (Lipinski definition) is 7. The third-order valence-corrected chi connectivity index (χ3v) is 9.21. The maximum atomic E-state index is 12.7. The third kappa shape index (κ3) is 14.3. The smallest absolute Gasteiger partial charge is 0.410 e. The highest BCUT2D eigenvalue weighted by molar-refractivity contribution is 5.68. The Balaban J connectivity index is 0.000000277. The van der Waals surface area contributed by atoms with Crippen molar-refractivity contribution < 1.29 is 28.5 Å². The van der Waals surface area contributed by atoms with Gasteiger partial charge in [-0.25, -0.2) is 9.59 Å². The minimum atomic E-state index is -0.476. The van der Waals surface area contributed by atoms with Gasteiger partial charge in [-0.1, -0.05) is 43.5 Å². The summed E-state index contributed by atoms with van der Waals surface area (Å²) in [4.78, 5) is 31.1. The highest BCUT2D eigenvalue weighted by atomic mass is 16.6. The van der Waals surface area contributed by atoms with E-state index < -0.39 is 11.2 Å². The van der Waals surface area contributed by atoms with Crippen LogP contribution in [0.25, 0.3) is 0 Å². The molecule has 4 rings (SSSR count). The van der Waals surface area contributed by atoms with Crippen LogP contribution in [0.15, 0.2) is 24.3 Å². The Labute approximate surface area is 285 Å². The molecule has 1 saturated carbocycles. The number of amides is 2. The molecule has 0 bridgehead atoms. The number of piperidine rings is 1. The van der Waals surface area contributed by atoms with Crippen molar-refractivity contribution in [3.05, 3.63) is 35.4 Å². The molecule has 2 aliphatic carbocycles. The molecule has 1 atom stereocenters. The van der Waals surface area contributed by atoms with Crippen molar-refractivity contribution in [2.24, 2.45) is 11.8 Å². The van der Waals surface area contributed by atoms with E-state index >= 15 is 0 Å². The summed E-state index contributed by atoms with van der Waals surface area (Å²) < 4.78 is 21.4. The van der Waals surface area contributed by atoms with E-state index in [0.717, 1.165) is 32.5 Å². The van der Waals surface area contributed by atoms with Crippen LogP contribution in [-0.2, 0) is 31.8 Å². The second-order valence-electron chi connectivity index (χ2n) is 15.7. The van der Waals surface area contributed by atoms with Crippen LogP contribution in [0, 0.1) is 11.8 Å². The molecular weight excluding hydrogens is 594 g/mol. The lowest BCUT2D eigenvalue weighted by Crippen LogP contribution is -2.48. The molecule has 0 aromatic heterocycles. The van der Waals surface area contributed by atoms with E-state index in [9.17, 15) is 9.59 Å². The Morgan fingerprint density at radius 3 is 1.66 bits per heavy atom. The molecule has 1 saturated heterocycles. The molecule has 0 radical (unpaired) electrons. The molecule has 0 spiro atoms. The van der Waals surface area contributed by atoms with Crippen molar-refractivity contribution in [3.63, 3.8) is 0 Å². The number of ether oxygens (including phenoxy) is 4. The maximum Gasteiger partial charge on any atom is 0.410 e. The highest BCUT2D eigenvalue weighted by Gasteiger charge is 2.32. The fourth-order valence-electron chi connectivity index (χ4n) is 6.93. The van der Waals surface area contributed by atoms with E-state index in [4.69, 9.17) is 18.9 Å². The lowest BCUT2D eigenvalue weighted by atomic mass is 9.89. The van der Waals surface area contributed by atoms with Crippen molar-refractivity contribution in [1.29, 1.82) is 0 Å². The second kappa shape index (κ2) is 19.0. The molecule has 1 aliphatic heterocycles. The Hall–Kier alpha value is -2.36. The normalized spacial score (nSPS) is 19.4. The van der Waals surface area contributed by atoms with Gasteiger partial charge in [-0.3, -0.25) is 4.90 Å². The Bertz CT molecular complexity index is 1050. The second-order valence-corrected chi connectivity index (χ2v) is 15.7. The van der Waals surface area contributed by atoms with Crippen LogP contribution in [0.1, 0.15) is 97.6 Å². The van der Waals surface area contributed by atoms with Gasteiger partial charge in [0.2, 0.25) is 0 Å². The first-order valence-electron chi connectivity index (χ1n) is 18.0. The number of likely N-dealkylation sites (tertiary alicyclic amines) is 1. The zero-order chi connectivity index (χ0) is 34.5. The van der Waals surface area contributed by atoms with E-state index in [-0.39, 0.29) is 12.2 Å².